The Morgan fingerprint density at radius 3 is 1.73 bits per heavy atom. The number of hydrogen-bond acceptors (Lipinski definition) is 9. The van der Waals surface area contributed by atoms with Gasteiger partial charge in [-0.2, -0.15) is 15.0 Å². The predicted molar refractivity (Wildman–Crippen MR) is 175 cm³/mol. The summed E-state index contributed by atoms with van der Waals surface area (Å²) in [5.74, 6) is 1.53. The van der Waals surface area contributed by atoms with Gasteiger partial charge in [-0.3, -0.25) is 4.79 Å². The Balaban J connectivity index is 1.18. The fourth-order valence-corrected chi connectivity index (χ4v) is 4.49. The molecule has 3 aromatic carbocycles. The highest BCUT2D eigenvalue weighted by atomic mass is 16.5. The van der Waals surface area contributed by atoms with Gasteiger partial charge in [-0.15, -0.1) is 6.58 Å². The van der Waals surface area contributed by atoms with Crippen LogP contribution in [0.15, 0.2) is 104 Å². The van der Waals surface area contributed by atoms with Crippen molar-refractivity contribution in [2.24, 2.45) is 0 Å². The summed E-state index contributed by atoms with van der Waals surface area (Å²) in [5.41, 5.74) is 3.17. The Labute approximate surface area is 259 Å². The molecule has 4 rings (SSSR count). The van der Waals surface area contributed by atoms with Crippen LogP contribution in [-0.4, -0.2) is 73.5 Å². The quantitative estimate of drug-likeness (QED) is 0.0828. The molecule has 0 atom stereocenters. The number of carbonyl (C=O) groups is 1. The van der Waals surface area contributed by atoms with Gasteiger partial charge in [0, 0.05) is 37.7 Å². The third-order valence-corrected chi connectivity index (χ3v) is 6.63. The van der Waals surface area contributed by atoms with Gasteiger partial charge in [0.25, 0.3) is 5.91 Å². The molecule has 4 aromatic rings. The van der Waals surface area contributed by atoms with Gasteiger partial charge in [0.05, 0.1) is 26.4 Å². The van der Waals surface area contributed by atoms with Crippen LogP contribution < -0.4 is 21.3 Å². The fourth-order valence-electron chi connectivity index (χ4n) is 4.49. The summed E-state index contributed by atoms with van der Waals surface area (Å²) in [6.07, 6.45) is 2.62. The first-order valence-corrected chi connectivity index (χ1v) is 14.9. The lowest BCUT2D eigenvalue weighted by molar-refractivity contribution is 0.0519. The minimum atomic E-state index is -0.111. The molecule has 0 radical (unpaired) electrons. The highest BCUT2D eigenvalue weighted by Gasteiger charge is 2.14. The molecule has 0 aliphatic heterocycles. The maximum Gasteiger partial charge on any atom is 0.251 e. The molecule has 44 heavy (non-hydrogen) atoms. The lowest BCUT2D eigenvalue weighted by Gasteiger charge is -2.18. The number of amides is 1. The normalized spacial score (nSPS) is 10.8. The molecule has 1 aromatic heterocycles. The van der Waals surface area contributed by atoms with E-state index in [0.29, 0.717) is 76.0 Å². The molecule has 10 heteroatoms. The molecule has 0 fully saturated rings. The number of aromatic nitrogens is 3. The van der Waals surface area contributed by atoms with Crippen molar-refractivity contribution in [2.75, 3.05) is 68.6 Å². The van der Waals surface area contributed by atoms with E-state index >= 15 is 0 Å². The minimum absolute atomic E-state index is 0.111. The molecule has 4 N–H and O–H groups in total. The van der Waals surface area contributed by atoms with Crippen LogP contribution >= 0.6 is 0 Å². The molecule has 0 spiro atoms. The predicted octanol–water partition coefficient (Wildman–Crippen LogP) is 4.98. The van der Waals surface area contributed by atoms with Crippen LogP contribution in [0, 0.1) is 0 Å². The van der Waals surface area contributed by atoms with E-state index in [-0.39, 0.29) is 11.8 Å². The standard InChI is InChI=1S/C34H41N7O3/c1-2-19-36-32-39-33(37-20-18-30(27-12-6-3-7-13-27)28-14-8-4-9-15-28)41-34(40-32)38-22-24-44-26-25-43-23-21-35-31(42)29-16-10-5-11-17-29/h2-17,30H,1,18-26H2,(H,35,42)(H3,36,37,38,39,40,41). The van der Waals surface area contributed by atoms with E-state index in [2.05, 4.69) is 91.3 Å². The number of anilines is 3. The molecule has 1 heterocycles. The fraction of sp³-hybridized carbons (Fsp3) is 0.294. The molecule has 0 aliphatic rings. The summed E-state index contributed by atoms with van der Waals surface area (Å²) in [7, 11) is 0. The van der Waals surface area contributed by atoms with Crippen molar-refractivity contribution in [3.8, 4) is 0 Å². The van der Waals surface area contributed by atoms with E-state index < -0.39 is 0 Å². The van der Waals surface area contributed by atoms with Crippen LogP contribution in [-0.2, 0) is 9.47 Å². The van der Waals surface area contributed by atoms with Gasteiger partial charge in [-0.05, 0) is 29.7 Å². The Hall–Kier alpha value is -4.80. The van der Waals surface area contributed by atoms with Crippen LogP contribution in [0.2, 0.25) is 0 Å². The van der Waals surface area contributed by atoms with Gasteiger partial charge in [0.2, 0.25) is 17.8 Å². The maximum atomic E-state index is 12.0. The van der Waals surface area contributed by atoms with Crippen LogP contribution in [0.1, 0.15) is 33.8 Å². The van der Waals surface area contributed by atoms with E-state index in [9.17, 15) is 4.79 Å². The summed E-state index contributed by atoms with van der Waals surface area (Å²) in [5, 5.41) is 12.6. The third kappa shape index (κ3) is 11.1. The van der Waals surface area contributed by atoms with Crippen molar-refractivity contribution in [3.05, 3.63) is 120 Å². The Morgan fingerprint density at radius 2 is 1.16 bits per heavy atom. The van der Waals surface area contributed by atoms with E-state index in [1.54, 1.807) is 18.2 Å². The molecule has 0 unspecified atom stereocenters. The molecule has 0 saturated heterocycles. The Morgan fingerprint density at radius 1 is 0.659 bits per heavy atom. The zero-order valence-electron chi connectivity index (χ0n) is 25.0. The summed E-state index contributed by atoms with van der Waals surface area (Å²) < 4.78 is 11.2. The number of hydrogen-bond donors (Lipinski definition) is 4. The smallest absolute Gasteiger partial charge is 0.251 e. The largest absolute Gasteiger partial charge is 0.377 e. The van der Waals surface area contributed by atoms with Crippen molar-refractivity contribution >= 4 is 23.8 Å². The minimum Gasteiger partial charge on any atom is -0.377 e. The second-order valence-electron chi connectivity index (χ2n) is 9.84. The average molecular weight is 596 g/mol. The van der Waals surface area contributed by atoms with Gasteiger partial charge < -0.3 is 30.7 Å². The molecular weight excluding hydrogens is 554 g/mol. The second-order valence-corrected chi connectivity index (χ2v) is 9.84. The molecule has 1 amide bonds. The first-order valence-electron chi connectivity index (χ1n) is 14.9. The highest BCUT2D eigenvalue weighted by Crippen LogP contribution is 2.27. The van der Waals surface area contributed by atoms with Crippen LogP contribution in [0.5, 0.6) is 0 Å². The summed E-state index contributed by atoms with van der Waals surface area (Å²) in [4.78, 5) is 25.6. The lowest BCUT2D eigenvalue weighted by atomic mass is 9.88. The Bertz CT molecular complexity index is 1350. The van der Waals surface area contributed by atoms with E-state index in [1.165, 1.54) is 11.1 Å². The molecule has 0 aliphatic carbocycles. The van der Waals surface area contributed by atoms with Crippen molar-refractivity contribution < 1.29 is 14.3 Å². The Kier molecular flexibility index (Phi) is 13.6. The molecule has 0 saturated carbocycles. The monoisotopic (exact) mass is 595 g/mol. The van der Waals surface area contributed by atoms with Crippen molar-refractivity contribution in [2.45, 2.75) is 12.3 Å². The number of rotatable bonds is 20. The summed E-state index contributed by atoms with van der Waals surface area (Å²) in [6, 6.07) is 30.2. The number of nitrogens with zero attached hydrogens (tertiary/aromatic N) is 3. The van der Waals surface area contributed by atoms with Gasteiger partial charge >= 0.3 is 0 Å². The first kappa shape index (κ1) is 32.1. The van der Waals surface area contributed by atoms with Gasteiger partial charge in [-0.1, -0.05) is 84.9 Å². The SMILES string of the molecule is C=CCNc1nc(NCCOCCOCCNC(=O)c2ccccc2)nc(NCCC(c2ccccc2)c2ccccc2)n1. The summed E-state index contributed by atoms with van der Waals surface area (Å²) >= 11 is 0. The van der Waals surface area contributed by atoms with Gasteiger partial charge in [-0.25, -0.2) is 0 Å². The van der Waals surface area contributed by atoms with Crippen LogP contribution in [0.3, 0.4) is 0 Å². The first-order chi connectivity index (χ1) is 21.7. The highest BCUT2D eigenvalue weighted by molar-refractivity contribution is 5.94. The second kappa shape index (κ2) is 18.7. The van der Waals surface area contributed by atoms with E-state index in [4.69, 9.17) is 9.47 Å². The van der Waals surface area contributed by atoms with Gasteiger partial charge in [0.15, 0.2) is 0 Å². The van der Waals surface area contributed by atoms with Crippen LogP contribution in [0.4, 0.5) is 17.8 Å². The van der Waals surface area contributed by atoms with E-state index in [1.807, 2.05) is 30.3 Å². The molecular formula is C34H41N7O3. The van der Waals surface area contributed by atoms with Crippen LogP contribution in [0.25, 0.3) is 0 Å². The number of ether oxygens (including phenoxy) is 2. The summed E-state index contributed by atoms with van der Waals surface area (Å²) in [6.45, 7) is 7.66. The molecule has 10 nitrogen and oxygen atoms in total. The zero-order chi connectivity index (χ0) is 30.7. The van der Waals surface area contributed by atoms with Crippen molar-refractivity contribution in [1.82, 2.24) is 20.3 Å². The third-order valence-electron chi connectivity index (χ3n) is 6.63. The lowest BCUT2D eigenvalue weighted by Crippen LogP contribution is -2.27. The number of nitrogens with one attached hydrogen (secondary N) is 4. The number of carbonyl (C=O) groups excluding carboxylic acids is 1. The number of benzene rings is 3. The molecule has 0 bridgehead atoms. The van der Waals surface area contributed by atoms with Gasteiger partial charge in [0.1, 0.15) is 0 Å². The van der Waals surface area contributed by atoms with Crippen molar-refractivity contribution in [1.29, 1.82) is 0 Å². The average Bonchev–Trinajstić information content (AvgIpc) is 3.07. The molecule has 230 valence electrons. The van der Waals surface area contributed by atoms with E-state index in [0.717, 1.165) is 6.42 Å². The topological polar surface area (TPSA) is 122 Å². The maximum absolute atomic E-state index is 12.0. The zero-order valence-corrected chi connectivity index (χ0v) is 25.0. The van der Waals surface area contributed by atoms with Crippen molar-refractivity contribution in [3.63, 3.8) is 0 Å².